The van der Waals surface area contributed by atoms with Gasteiger partial charge in [-0.25, -0.2) is 0 Å². The average Bonchev–Trinajstić information content (AvgIpc) is 2.33. The molecular formula is C12H9F3N2O2. The van der Waals surface area contributed by atoms with E-state index >= 15 is 0 Å². The van der Waals surface area contributed by atoms with E-state index in [1.165, 1.54) is 24.3 Å². The van der Waals surface area contributed by atoms with E-state index in [-0.39, 0.29) is 0 Å². The number of hydrogen-bond acceptors (Lipinski definition) is 2. The number of carbonyl (C=O) groups is 2. The minimum atomic E-state index is -4.91. The van der Waals surface area contributed by atoms with Crippen LogP contribution >= 0.6 is 0 Å². The molecule has 0 spiro atoms. The molecule has 3 N–H and O–H groups in total. The van der Waals surface area contributed by atoms with Crippen LogP contribution in [0.1, 0.15) is 15.9 Å². The van der Waals surface area contributed by atoms with Crippen LogP contribution in [0, 0.1) is 11.8 Å². The number of rotatable bonds is 2. The highest BCUT2D eigenvalue weighted by Crippen LogP contribution is 2.13. The summed E-state index contributed by atoms with van der Waals surface area (Å²) in [7, 11) is 0. The summed E-state index contributed by atoms with van der Waals surface area (Å²) in [5, 5.41) is 1.61. The maximum absolute atomic E-state index is 11.8. The molecule has 0 aliphatic heterocycles. The highest BCUT2D eigenvalue weighted by molar-refractivity contribution is 5.92. The van der Waals surface area contributed by atoms with Crippen molar-refractivity contribution >= 4 is 11.8 Å². The number of carbonyl (C=O) groups excluding carboxylic acids is 2. The van der Waals surface area contributed by atoms with Crippen LogP contribution < -0.4 is 11.1 Å². The first-order chi connectivity index (χ1) is 8.80. The normalized spacial score (nSPS) is 10.3. The highest BCUT2D eigenvalue weighted by atomic mass is 19.4. The lowest BCUT2D eigenvalue weighted by Gasteiger charge is -2.03. The van der Waals surface area contributed by atoms with Gasteiger partial charge in [0.05, 0.1) is 6.54 Å². The molecule has 4 nitrogen and oxygen atoms in total. The fourth-order valence-electron chi connectivity index (χ4n) is 1.09. The van der Waals surface area contributed by atoms with E-state index < -0.39 is 24.5 Å². The van der Waals surface area contributed by atoms with Crippen LogP contribution in [0.5, 0.6) is 0 Å². The van der Waals surface area contributed by atoms with Crippen molar-refractivity contribution in [2.24, 2.45) is 5.73 Å². The Labute approximate surface area is 106 Å². The second-order valence-electron chi connectivity index (χ2n) is 3.42. The summed E-state index contributed by atoms with van der Waals surface area (Å²) in [6, 6.07) is 5.89. The fraction of sp³-hybridized carbons (Fsp3) is 0.167. The number of alkyl halides is 3. The van der Waals surface area contributed by atoms with Crippen LogP contribution in [-0.4, -0.2) is 24.5 Å². The lowest BCUT2D eigenvalue weighted by atomic mass is 10.1. The van der Waals surface area contributed by atoms with Gasteiger partial charge in [0.1, 0.15) is 0 Å². The SMILES string of the molecule is NC(=O)c1ccc(C#CCNC(=O)C(F)(F)F)cc1. The van der Waals surface area contributed by atoms with Gasteiger partial charge in [0.2, 0.25) is 5.91 Å². The molecule has 0 fully saturated rings. The highest BCUT2D eigenvalue weighted by Gasteiger charge is 2.38. The van der Waals surface area contributed by atoms with Gasteiger partial charge in [-0.3, -0.25) is 9.59 Å². The van der Waals surface area contributed by atoms with Crippen molar-refractivity contribution in [2.45, 2.75) is 6.18 Å². The first-order valence-electron chi connectivity index (χ1n) is 5.04. The molecule has 19 heavy (non-hydrogen) atoms. The van der Waals surface area contributed by atoms with E-state index in [1.807, 2.05) is 0 Å². The summed E-state index contributed by atoms with van der Waals surface area (Å²) in [6.45, 7) is -0.421. The quantitative estimate of drug-likeness (QED) is 0.781. The number of nitrogens with one attached hydrogen (secondary N) is 1. The number of primary amides is 1. The third-order valence-electron chi connectivity index (χ3n) is 2.00. The number of halogens is 3. The molecule has 1 rings (SSSR count). The molecule has 0 aliphatic rings. The van der Waals surface area contributed by atoms with Gasteiger partial charge < -0.3 is 11.1 Å². The summed E-state index contributed by atoms with van der Waals surface area (Å²) in [5.74, 6) is 2.27. The Bertz CT molecular complexity index is 539. The minimum Gasteiger partial charge on any atom is -0.366 e. The Balaban J connectivity index is 2.55. The summed E-state index contributed by atoms with van der Waals surface area (Å²) < 4.78 is 35.4. The molecule has 0 unspecified atom stereocenters. The van der Waals surface area contributed by atoms with Gasteiger partial charge in [-0.1, -0.05) is 11.8 Å². The van der Waals surface area contributed by atoms with Crippen molar-refractivity contribution in [2.75, 3.05) is 6.54 Å². The largest absolute Gasteiger partial charge is 0.471 e. The van der Waals surface area contributed by atoms with Crippen molar-refractivity contribution < 1.29 is 22.8 Å². The Morgan fingerprint density at radius 3 is 2.26 bits per heavy atom. The molecule has 0 heterocycles. The molecule has 0 saturated heterocycles. The topological polar surface area (TPSA) is 72.2 Å². The zero-order valence-electron chi connectivity index (χ0n) is 9.54. The van der Waals surface area contributed by atoms with Gasteiger partial charge in [-0.15, -0.1) is 0 Å². The predicted octanol–water partition coefficient (Wildman–Crippen LogP) is 0.815. The standard InChI is InChI=1S/C12H9F3N2O2/c13-12(14,15)11(19)17-7-1-2-8-3-5-9(6-4-8)10(16)18/h3-6H,7H2,(H2,16,18)(H,17,19). The molecule has 7 heteroatoms. The number of nitrogens with two attached hydrogens (primary N) is 1. The third-order valence-corrected chi connectivity index (χ3v) is 2.00. The van der Waals surface area contributed by atoms with E-state index in [9.17, 15) is 22.8 Å². The van der Waals surface area contributed by atoms with Crippen molar-refractivity contribution in [1.29, 1.82) is 0 Å². The second-order valence-corrected chi connectivity index (χ2v) is 3.42. The van der Waals surface area contributed by atoms with Crippen molar-refractivity contribution in [3.8, 4) is 11.8 Å². The molecule has 2 amide bonds. The Kier molecular flexibility index (Phi) is 4.53. The summed E-state index contributed by atoms with van der Waals surface area (Å²) in [5.41, 5.74) is 5.82. The third kappa shape index (κ3) is 4.71. The van der Waals surface area contributed by atoms with Crippen molar-refractivity contribution in [3.05, 3.63) is 35.4 Å². The second kappa shape index (κ2) is 5.91. The zero-order valence-corrected chi connectivity index (χ0v) is 9.54. The van der Waals surface area contributed by atoms with Gasteiger partial charge in [0.15, 0.2) is 0 Å². The molecule has 1 aromatic rings. The van der Waals surface area contributed by atoms with Gasteiger partial charge in [-0.2, -0.15) is 13.2 Å². The fourth-order valence-corrected chi connectivity index (χ4v) is 1.09. The van der Waals surface area contributed by atoms with Gasteiger partial charge in [0, 0.05) is 11.1 Å². The van der Waals surface area contributed by atoms with E-state index in [0.717, 1.165) is 0 Å². The lowest BCUT2D eigenvalue weighted by molar-refractivity contribution is -0.173. The van der Waals surface area contributed by atoms with Crippen LogP contribution in [0.25, 0.3) is 0 Å². The number of hydrogen-bond donors (Lipinski definition) is 2. The summed E-state index contributed by atoms with van der Waals surface area (Å²) in [4.78, 5) is 21.2. The minimum absolute atomic E-state index is 0.302. The molecule has 100 valence electrons. The van der Waals surface area contributed by atoms with Crippen LogP contribution in [0.15, 0.2) is 24.3 Å². The van der Waals surface area contributed by atoms with Crippen LogP contribution in [0.4, 0.5) is 13.2 Å². The molecule has 1 aromatic carbocycles. The zero-order chi connectivity index (χ0) is 14.5. The number of amides is 2. The van der Waals surface area contributed by atoms with Crippen LogP contribution in [-0.2, 0) is 4.79 Å². The van der Waals surface area contributed by atoms with Gasteiger partial charge >= 0.3 is 12.1 Å². The number of benzene rings is 1. The Morgan fingerprint density at radius 2 is 1.79 bits per heavy atom. The van der Waals surface area contributed by atoms with E-state index in [1.54, 1.807) is 5.32 Å². The maximum atomic E-state index is 11.8. The molecule has 0 bridgehead atoms. The monoisotopic (exact) mass is 270 g/mol. The molecule has 0 aromatic heterocycles. The molecule has 0 atom stereocenters. The first-order valence-corrected chi connectivity index (χ1v) is 5.04. The molecule has 0 aliphatic carbocycles. The van der Waals surface area contributed by atoms with Crippen LogP contribution in [0.2, 0.25) is 0 Å². The van der Waals surface area contributed by atoms with Crippen molar-refractivity contribution in [1.82, 2.24) is 5.32 Å². The molecule has 0 saturated carbocycles. The van der Waals surface area contributed by atoms with Gasteiger partial charge in [0.25, 0.3) is 0 Å². The average molecular weight is 270 g/mol. The van der Waals surface area contributed by atoms with E-state index in [4.69, 9.17) is 5.73 Å². The van der Waals surface area contributed by atoms with Crippen molar-refractivity contribution in [3.63, 3.8) is 0 Å². The van der Waals surface area contributed by atoms with E-state index in [2.05, 4.69) is 11.8 Å². The van der Waals surface area contributed by atoms with E-state index in [0.29, 0.717) is 11.1 Å². The summed E-state index contributed by atoms with van der Waals surface area (Å²) >= 11 is 0. The van der Waals surface area contributed by atoms with Gasteiger partial charge in [-0.05, 0) is 24.3 Å². The summed E-state index contributed by atoms with van der Waals surface area (Å²) in [6.07, 6.45) is -4.91. The Morgan fingerprint density at radius 1 is 1.21 bits per heavy atom. The smallest absolute Gasteiger partial charge is 0.366 e. The maximum Gasteiger partial charge on any atom is 0.471 e. The lowest BCUT2D eigenvalue weighted by Crippen LogP contribution is -2.36. The first kappa shape index (κ1) is 14.6. The molecule has 0 radical (unpaired) electrons. The molecular weight excluding hydrogens is 261 g/mol. The van der Waals surface area contributed by atoms with Crippen LogP contribution in [0.3, 0.4) is 0 Å². The predicted molar refractivity (Wildman–Crippen MR) is 60.9 cm³/mol. The Hall–Kier alpha value is -2.49.